The Morgan fingerprint density at radius 1 is 0.829 bits per heavy atom. The van der Waals surface area contributed by atoms with Crippen LogP contribution < -0.4 is 10.6 Å². The van der Waals surface area contributed by atoms with Gasteiger partial charge in [0.1, 0.15) is 21.8 Å². The number of anilines is 2. The summed E-state index contributed by atoms with van der Waals surface area (Å²) in [5, 5.41) is 5.16. The van der Waals surface area contributed by atoms with E-state index in [-0.39, 0.29) is 26.4 Å². The van der Waals surface area contributed by atoms with Crippen molar-refractivity contribution < 1.29 is 22.8 Å². The van der Waals surface area contributed by atoms with Crippen LogP contribution in [0.4, 0.5) is 24.5 Å². The number of alkyl halides is 2. The van der Waals surface area contributed by atoms with Crippen molar-refractivity contribution in [3.8, 4) is 0 Å². The van der Waals surface area contributed by atoms with Crippen molar-refractivity contribution in [3.05, 3.63) is 92.2 Å². The lowest BCUT2D eigenvalue weighted by Gasteiger charge is -2.10. The number of rotatable bonds is 5. The van der Waals surface area contributed by atoms with Gasteiger partial charge in [0.2, 0.25) is 5.91 Å². The van der Waals surface area contributed by atoms with Crippen LogP contribution >= 0.6 is 58.0 Å². The molecule has 0 aromatic heterocycles. The molecule has 0 bridgehead atoms. The molecule has 182 valence electrons. The number of hydrogen-bond acceptors (Lipinski definition) is 2. The molecule has 35 heavy (non-hydrogen) atoms. The lowest BCUT2D eigenvalue weighted by molar-refractivity contribution is -0.117. The topological polar surface area (TPSA) is 58.2 Å². The number of carbonyl (C=O) groups excluding carboxylic acids is 2. The van der Waals surface area contributed by atoms with Gasteiger partial charge in [-0.05, 0) is 48.0 Å². The van der Waals surface area contributed by atoms with Gasteiger partial charge in [-0.3, -0.25) is 9.59 Å². The molecule has 0 saturated heterocycles. The van der Waals surface area contributed by atoms with Crippen molar-refractivity contribution in [2.24, 2.45) is 5.92 Å². The predicted octanol–water partition coefficient (Wildman–Crippen LogP) is 7.84. The van der Waals surface area contributed by atoms with Crippen molar-refractivity contribution in [1.82, 2.24) is 0 Å². The zero-order valence-electron chi connectivity index (χ0n) is 17.1. The van der Waals surface area contributed by atoms with E-state index in [0.29, 0.717) is 11.6 Å². The van der Waals surface area contributed by atoms with Crippen molar-refractivity contribution >= 4 is 81.2 Å². The predicted molar refractivity (Wildman–Crippen MR) is 131 cm³/mol. The molecular weight excluding hydrogens is 571 g/mol. The molecule has 1 aliphatic carbocycles. The molecule has 0 spiro atoms. The summed E-state index contributed by atoms with van der Waals surface area (Å²) in [6, 6.07) is 8.73. The van der Waals surface area contributed by atoms with Crippen LogP contribution in [0, 0.1) is 23.4 Å². The fourth-order valence-corrected chi connectivity index (χ4v) is 5.04. The van der Waals surface area contributed by atoms with Crippen molar-refractivity contribution in [1.29, 1.82) is 0 Å². The fourth-order valence-electron chi connectivity index (χ4n) is 3.60. The molecule has 0 radical (unpaired) electrons. The summed E-state index contributed by atoms with van der Waals surface area (Å²) in [4.78, 5) is 25.4. The largest absolute Gasteiger partial charge is 0.326 e. The smallest absolute Gasteiger partial charge is 0.258 e. The Balaban J connectivity index is 1.52. The second-order valence-corrected chi connectivity index (χ2v) is 10.3. The van der Waals surface area contributed by atoms with Gasteiger partial charge in [-0.25, -0.2) is 13.2 Å². The van der Waals surface area contributed by atoms with E-state index in [1.165, 1.54) is 18.2 Å². The Bertz CT molecular complexity index is 1350. The van der Waals surface area contributed by atoms with Crippen LogP contribution in [-0.4, -0.2) is 16.1 Å². The van der Waals surface area contributed by atoms with Crippen LogP contribution in [0.5, 0.6) is 0 Å². The summed E-state index contributed by atoms with van der Waals surface area (Å²) >= 11 is 30.8. The summed E-state index contributed by atoms with van der Waals surface area (Å²) < 4.78 is 39.7. The van der Waals surface area contributed by atoms with E-state index < -0.39 is 51.0 Å². The number of amides is 2. The van der Waals surface area contributed by atoms with E-state index in [9.17, 15) is 22.8 Å². The maximum atomic E-state index is 14.3. The third kappa shape index (κ3) is 5.20. The van der Waals surface area contributed by atoms with E-state index in [0.717, 1.165) is 24.3 Å². The van der Waals surface area contributed by atoms with Crippen LogP contribution in [0.15, 0.2) is 48.5 Å². The van der Waals surface area contributed by atoms with E-state index in [2.05, 4.69) is 10.6 Å². The molecule has 0 heterocycles. The second-order valence-electron chi connectivity index (χ2n) is 7.69. The minimum Gasteiger partial charge on any atom is -0.326 e. The van der Waals surface area contributed by atoms with Crippen molar-refractivity contribution in [2.45, 2.75) is 10.3 Å². The SMILES string of the molecule is O=C(Nc1ccc(F)cc1F)c1cc(NC(=O)[C@H]2[C@H](c3cc(Cl)c(Cl)c(Cl)c3)C2(Cl)Cl)ccc1F. The van der Waals surface area contributed by atoms with Gasteiger partial charge in [0.05, 0.1) is 32.2 Å². The lowest BCUT2D eigenvalue weighted by atomic mass is 10.1. The van der Waals surface area contributed by atoms with Gasteiger partial charge in [-0.2, -0.15) is 0 Å². The Kier molecular flexibility index (Phi) is 7.19. The Morgan fingerprint density at radius 2 is 1.49 bits per heavy atom. The summed E-state index contributed by atoms with van der Waals surface area (Å²) in [5.74, 6) is -6.01. The number of halogens is 8. The van der Waals surface area contributed by atoms with Crippen molar-refractivity contribution in [2.75, 3.05) is 10.6 Å². The van der Waals surface area contributed by atoms with E-state index in [4.69, 9.17) is 58.0 Å². The molecule has 0 aliphatic heterocycles. The number of carbonyl (C=O) groups is 2. The first kappa shape index (κ1) is 25.9. The minimum atomic E-state index is -1.48. The number of hydrogen-bond donors (Lipinski definition) is 2. The zero-order valence-corrected chi connectivity index (χ0v) is 20.9. The standard InChI is InChI=1S/C23H12Cl5F3N2O2/c24-13-5-9(6-14(25)20(13)26)18-19(23(18,27)28)22(35)32-11-2-3-15(30)12(8-11)21(34)33-17-4-1-10(29)7-16(17)31/h1-8,18-19H,(H,32,35)(H,33,34)/t18-,19+/m0/s1. The van der Waals surface area contributed by atoms with E-state index in [1.54, 1.807) is 0 Å². The molecule has 12 heteroatoms. The molecule has 3 aromatic carbocycles. The molecular formula is C23H12Cl5F3N2O2. The number of benzene rings is 3. The molecule has 1 fully saturated rings. The first-order valence-electron chi connectivity index (χ1n) is 9.79. The van der Waals surface area contributed by atoms with Crippen LogP contribution in [0.2, 0.25) is 15.1 Å². The normalized spacial score (nSPS) is 18.2. The molecule has 0 unspecified atom stereocenters. The Morgan fingerprint density at radius 3 is 2.11 bits per heavy atom. The zero-order chi connectivity index (χ0) is 25.7. The highest BCUT2D eigenvalue weighted by Crippen LogP contribution is 2.65. The van der Waals surface area contributed by atoms with Gasteiger partial charge in [0.15, 0.2) is 0 Å². The number of nitrogens with one attached hydrogen (secondary N) is 2. The molecule has 4 nitrogen and oxygen atoms in total. The van der Waals surface area contributed by atoms with Crippen LogP contribution in [0.3, 0.4) is 0 Å². The maximum Gasteiger partial charge on any atom is 0.258 e. The first-order chi connectivity index (χ1) is 16.4. The van der Waals surface area contributed by atoms with Gasteiger partial charge in [0.25, 0.3) is 5.91 Å². The van der Waals surface area contributed by atoms with Gasteiger partial charge < -0.3 is 10.6 Å². The summed E-state index contributed by atoms with van der Waals surface area (Å²) in [5.41, 5.74) is -0.281. The summed E-state index contributed by atoms with van der Waals surface area (Å²) in [7, 11) is 0. The molecule has 4 rings (SSSR count). The van der Waals surface area contributed by atoms with E-state index >= 15 is 0 Å². The average Bonchev–Trinajstić information content (AvgIpc) is 3.37. The van der Waals surface area contributed by atoms with Crippen molar-refractivity contribution in [3.63, 3.8) is 0 Å². The van der Waals surface area contributed by atoms with Crippen LogP contribution in [-0.2, 0) is 4.79 Å². The highest BCUT2D eigenvalue weighted by Gasteiger charge is 2.67. The van der Waals surface area contributed by atoms with Crippen LogP contribution in [0.1, 0.15) is 21.8 Å². The minimum absolute atomic E-state index is 0.0584. The van der Waals surface area contributed by atoms with Gasteiger partial charge in [-0.1, -0.05) is 34.8 Å². The fraction of sp³-hybridized carbons (Fsp3) is 0.130. The van der Waals surface area contributed by atoms with Gasteiger partial charge in [-0.15, -0.1) is 23.2 Å². The maximum absolute atomic E-state index is 14.3. The summed E-state index contributed by atoms with van der Waals surface area (Å²) in [6.07, 6.45) is 0. The molecule has 3 aromatic rings. The first-order valence-corrected chi connectivity index (χ1v) is 11.7. The molecule has 1 aliphatic rings. The molecule has 2 N–H and O–H groups in total. The quantitative estimate of drug-likeness (QED) is 0.238. The van der Waals surface area contributed by atoms with Crippen LogP contribution in [0.25, 0.3) is 0 Å². The third-order valence-corrected chi connectivity index (χ3v) is 7.50. The molecule has 1 saturated carbocycles. The highest BCUT2D eigenvalue weighted by atomic mass is 35.5. The molecule has 2 amide bonds. The monoisotopic (exact) mass is 580 g/mol. The highest BCUT2D eigenvalue weighted by molar-refractivity contribution is 6.54. The Hall–Kier alpha value is -2.16. The molecule has 2 atom stereocenters. The van der Waals surface area contributed by atoms with Gasteiger partial charge in [0, 0.05) is 17.7 Å². The summed E-state index contributed by atoms with van der Waals surface area (Å²) in [6.45, 7) is 0. The Labute approximate surface area is 222 Å². The second kappa shape index (κ2) is 9.71. The van der Waals surface area contributed by atoms with E-state index in [1.807, 2.05) is 0 Å². The van der Waals surface area contributed by atoms with Gasteiger partial charge >= 0.3 is 0 Å². The third-order valence-electron chi connectivity index (χ3n) is 5.36. The average molecular weight is 583 g/mol. The lowest BCUT2D eigenvalue weighted by Crippen LogP contribution is -2.19.